The van der Waals surface area contributed by atoms with Crippen LogP contribution in [0.25, 0.3) is 11.5 Å². The molecule has 0 fully saturated rings. The van der Waals surface area contributed by atoms with Gasteiger partial charge >= 0.3 is 8.25 Å². The third-order valence-electron chi connectivity index (χ3n) is 5.07. The molecule has 0 bridgehead atoms. The van der Waals surface area contributed by atoms with Crippen LogP contribution in [0, 0.1) is 10.1 Å². The third kappa shape index (κ3) is 7.48. The van der Waals surface area contributed by atoms with Crippen molar-refractivity contribution in [1.29, 1.82) is 0 Å². The van der Waals surface area contributed by atoms with Crippen LogP contribution in [0.5, 0.6) is 0 Å². The average Bonchev–Trinajstić information content (AvgIpc) is 3.29. The molecule has 0 aliphatic heterocycles. The molecular weight excluding hydrogens is 479 g/mol. The molecule has 0 aliphatic carbocycles. The van der Waals surface area contributed by atoms with E-state index in [1.807, 2.05) is 25.1 Å². The van der Waals surface area contributed by atoms with Crippen molar-refractivity contribution in [2.24, 2.45) is 0 Å². The second kappa shape index (κ2) is 12.8. The Labute approximate surface area is 202 Å². The number of aryl methyl sites for hydroxylation is 1. The molecular formula is C22H27N4O6PS. The Morgan fingerprint density at radius 1 is 1.29 bits per heavy atom. The van der Waals surface area contributed by atoms with Crippen molar-refractivity contribution < 1.29 is 23.3 Å². The summed E-state index contributed by atoms with van der Waals surface area (Å²) >= 11 is 1.35. The number of hydrogen-bond acceptors (Lipinski definition) is 9. The highest BCUT2D eigenvalue weighted by Gasteiger charge is 2.18. The van der Waals surface area contributed by atoms with Crippen molar-refractivity contribution in [2.45, 2.75) is 43.7 Å². The number of non-ortho nitro benzene ring substituents is 1. The van der Waals surface area contributed by atoms with Crippen LogP contribution in [-0.2, 0) is 22.1 Å². The van der Waals surface area contributed by atoms with E-state index in [4.69, 9.17) is 9.31 Å². The van der Waals surface area contributed by atoms with Crippen molar-refractivity contribution in [1.82, 2.24) is 15.5 Å². The molecule has 10 nitrogen and oxygen atoms in total. The van der Waals surface area contributed by atoms with Crippen LogP contribution in [0.15, 0.2) is 52.1 Å². The van der Waals surface area contributed by atoms with Gasteiger partial charge in [-0.1, -0.05) is 43.0 Å². The van der Waals surface area contributed by atoms with E-state index >= 15 is 0 Å². The van der Waals surface area contributed by atoms with Gasteiger partial charge in [0.2, 0.25) is 5.89 Å². The van der Waals surface area contributed by atoms with Crippen molar-refractivity contribution >= 4 is 25.7 Å². The minimum Gasteiger partial charge on any atom is -0.411 e. The van der Waals surface area contributed by atoms with Gasteiger partial charge in [0, 0.05) is 29.5 Å². The zero-order valence-electron chi connectivity index (χ0n) is 18.9. The normalized spacial score (nSPS) is 13.0. The van der Waals surface area contributed by atoms with E-state index < -0.39 is 13.2 Å². The van der Waals surface area contributed by atoms with E-state index in [9.17, 15) is 14.7 Å². The number of nitrogens with one attached hydrogen (secondary N) is 1. The van der Waals surface area contributed by atoms with E-state index in [2.05, 4.69) is 33.0 Å². The molecule has 0 radical (unpaired) electrons. The van der Waals surface area contributed by atoms with E-state index in [0.29, 0.717) is 30.6 Å². The molecule has 0 aliphatic rings. The zero-order valence-corrected chi connectivity index (χ0v) is 20.7. The second-order valence-corrected chi connectivity index (χ2v) is 9.59. The number of benzene rings is 2. The second-order valence-electron chi connectivity index (χ2n) is 7.48. The average molecular weight is 507 g/mol. The molecule has 3 aromatic rings. The first-order valence-electron chi connectivity index (χ1n) is 10.8. The molecule has 2 unspecified atom stereocenters. The maximum Gasteiger partial charge on any atom is 0.316 e. The molecule has 1 aromatic heterocycles. The zero-order chi connectivity index (χ0) is 24.5. The van der Waals surface area contributed by atoms with Gasteiger partial charge in [0.05, 0.1) is 11.5 Å². The predicted octanol–water partition coefficient (Wildman–Crippen LogP) is 4.94. The van der Waals surface area contributed by atoms with Crippen molar-refractivity contribution in [3.05, 3.63) is 69.3 Å². The standard InChI is InChI=1S/C22H27N4O6PS/c1-3-17-12-16(14-23-10-5-11-31-33(29)30)8-9-20(17)21-24-25-22(32-21)34-15(2)18-6-4-7-19(13-18)26(27)28/h4,6-9,12-13,15,23,33H,3,5,10-11,14H2,1-2H3,(H,29,30). The largest absolute Gasteiger partial charge is 0.411 e. The Balaban J connectivity index is 1.62. The Kier molecular flexibility index (Phi) is 9.79. The molecule has 2 N–H and O–H groups in total. The van der Waals surface area contributed by atoms with Crippen molar-refractivity contribution in [2.75, 3.05) is 13.2 Å². The SMILES string of the molecule is CCc1cc(CNCCCO[PH](=O)O)ccc1-c1nnc(SC(C)c2cccc([N+](=O)[O-])c2)o1. The van der Waals surface area contributed by atoms with Gasteiger partial charge in [-0.2, -0.15) is 0 Å². The number of nitro groups is 1. The molecule has 34 heavy (non-hydrogen) atoms. The summed E-state index contributed by atoms with van der Waals surface area (Å²) in [5.74, 6) is 0.432. The highest BCUT2D eigenvalue weighted by atomic mass is 32.2. The smallest absolute Gasteiger partial charge is 0.316 e. The van der Waals surface area contributed by atoms with Crippen molar-refractivity contribution in [3.8, 4) is 11.5 Å². The minimum atomic E-state index is -2.86. The molecule has 12 heteroatoms. The topological polar surface area (TPSA) is 141 Å². The lowest BCUT2D eigenvalue weighted by molar-refractivity contribution is -0.384. The van der Waals surface area contributed by atoms with Crippen LogP contribution in [0.1, 0.15) is 42.2 Å². The van der Waals surface area contributed by atoms with E-state index in [1.165, 1.54) is 17.8 Å². The Bertz CT molecular complexity index is 1140. The number of nitro benzene ring substituents is 1. The molecule has 1 heterocycles. The minimum absolute atomic E-state index is 0.0501. The van der Waals surface area contributed by atoms with Gasteiger partial charge in [0.25, 0.3) is 10.9 Å². The molecule has 3 rings (SSSR count). The summed E-state index contributed by atoms with van der Waals surface area (Å²) in [6.07, 6.45) is 1.43. The summed E-state index contributed by atoms with van der Waals surface area (Å²) in [6, 6.07) is 12.6. The molecule has 0 saturated heterocycles. The first kappa shape index (κ1) is 26.1. The van der Waals surface area contributed by atoms with Crippen LogP contribution in [-0.4, -0.2) is 33.2 Å². The summed E-state index contributed by atoms with van der Waals surface area (Å²) in [6.45, 7) is 5.57. The summed E-state index contributed by atoms with van der Waals surface area (Å²) in [4.78, 5) is 19.3. The molecule has 2 aromatic carbocycles. The maximum atomic E-state index is 11.0. The number of hydrogen-bond donors (Lipinski definition) is 2. The monoisotopic (exact) mass is 506 g/mol. The first-order chi connectivity index (χ1) is 16.4. The molecule has 0 saturated carbocycles. The predicted molar refractivity (Wildman–Crippen MR) is 130 cm³/mol. The fraction of sp³-hybridized carbons (Fsp3) is 0.364. The van der Waals surface area contributed by atoms with Crippen LogP contribution >= 0.6 is 20.0 Å². The van der Waals surface area contributed by atoms with Crippen LogP contribution in [0.4, 0.5) is 5.69 Å². The molecule has 2 atom stereocenters. The van der Waals surface area contributed by atoms with Gasteiger partial charge in [-0.25, -0.2) is 0 Å². The van der Waals surface area contributed by atoms with E-state index in [-0.39, 0.29) is 17.5 Å². The number of thioether (sulfide) groups is 1. The summed E-state index contributed by atoms with van der Waals surface area (Å²) in [7, 11) is -2.86. The number of aromatic nitrogens is 2. The highest BCUT2D eigenvalue weighted by molar-refractivity contribution is 7.99. The molecule has 0 amide bonds. The summed E-state index contributed by atoms with van der Waals surface area (Å²) in [5.41, 5.74) is 3.91. The molecule has 0 spiro atoms. The molecule has 182 valence electrons. The fourth-order valence-electron chi connectivity index (χ4n) is 3.32. The van der Waals surface area contributed by atoms with E-state index in [0.717, 1.165) is 28.7 Å². The lowest BCUT2D eigenvalue weighted by atomic mass is 10.0. The summed E-state index contributed by atoms with van der Waals surface area (Å²) in [5, 5.41) is 23.0. The Morgan fingerprint density at radius 2 is 2.12 bits per heavy atom. The van der Waals surface area contributed by atoms with Gasteiger partial charge in [-0.15, -0.1) is 10.2 Å². The summed E-state index contributed by atoms with van der Waals surface area (Å²) < 4.78 is 21.1. The Morgan fingerprint density at radius 3 is 2.85 bits per heavy atom. The van der Waals surface area contributed by atoms with Gasteiger partial charge < -0.3 is 19.2 Å². The van der Waals surface area contributed by atoms with Crippen LogP contribution < -0.4 is 5.32 Å². The number of rotatable bonds is 13. The third-order valence-corrected chi connectivity index (χ3v) is 6.51. The fourth-order valence-corrected chi connectivity index (χ4v) is 4.44. The van der Waals surface area contributed by atoms with E-state index in [1.54, 1.807) is 12.1 Å². The lowest BCUT2D eigenvalue weighted by Crippen LogP contribution is -2.16. The lowest BCUT2D eigenvalue weighted by Gasteiger charge is -2.10. The maximum absolute atomic E-state index is 11.0. The van der Waals surface area contributed by atoms with Gasteiger partial charge in [0.1, 0.15) is 0 Å². The quantitative estimate of drug-likeness (QED) is 0.108. The van der Waals surface area contributed by atoms with Gasteiger partial charge in [-0.3, -0.25) is 14.7 Å². The van der Waals surface area contributed by atoms with Crippen LogP contribution in [0.3, 0.4) is 0 Å². The first-order valence-corrected chi connectivity index (χ1v) is 12.9. The Hall–Kier alpha value is -2.56. The highest BCUT2D eigenvalue weighted by Crippen LogP contribution is 2.36. The van der Waals surface area contributed by atoms with Gasteiger partial charge in [-0.05, 0) is 49.1 Å². The number of nitrogens with zero attached hydrogens (tertiary/aromatic N) is 3. The van der Waals surface area contributed by atoms with Gasteiger partial charge in [0.15, 0.2) is 0 Å². The van der Waals surface area contributed by atoms with Crippen molar-refractivity contribution in [3.63, 3.8) is 0 Å². The van der Waals surface area contributed by atoms with Crippen LogP contribution in [0.2, 0.25) is 0 Å².